The standard InChI is InChI=1S/C16H13FINO2/c17-11-6-7-12(13(18)10-11)16(20)19-8-3-9-21-15-5-2-1-4-14(15)19/h1-2,4-7,10H,3,8-9H2. The van der Waals surface area contributed by atoms with Crippen molar-refractivity contribution in [2.75, 3.05) is 18.1 Å². The van der Waals surface area contributed by atoms with E-state index in [9.17, 15) is 9.18 Å². The second-order valence-electron chi connectivity index (χ2n) is 4.75. The number of carbonyl (C=O) groups is 1. The van der Waals surface area contributed by atoms with Crippen LogP contribution in [-0.2, 0) is 0 Å². The Morgan fingerprint density at radius 2 is 2.05 bits per heavy atom. The van der Waals surface area contributed by atoms with E-state index in [1.165, 1.54) is 18.2 Å². The molecular formula is C16H13FINO2. The van der Waals surface area contributed by atoms with E-state index >= 15 is 0 Å². The molecule has 3 rings (SSSR count). The van der Waals surface area contributed by atoms with Gasteiger partial charge >= 0.3 is 0 Å². The lowest BCUT2D eigenvalue weighted by atomic mass is 10.1. The summed E-state index contributed by atoms with van der Waals surface area (Å²) in [5.41, 5.74) is 1.27. The van der Waals surface area contributed by atoms with Crippen molar-refractivity contribution in [3.8, 4) is 5.75 Å². The third kappa shape index (κ3) is 2.88. The van der Waals surface area contributed by atoms with E-state index in [4.69, 9.17) is 4.74 Å². The van der Waals surface area contributed by atoms with Gasteiger partial charge in [-0.15, -0.1) is 0 Å². The van der Waals surface area contributed by atoms with Crippen LogP contribution in [0.4, 0.5) is 10.1 Å². The van der Waals surface area contributed by atoms with E-state index in [0.717, 1.165) is 12.1 Å². The molecule has 21 heavy (non-hydrogen) atoms. The third-order valence-electron chi connectivity index (χ3n) is 3.35. The number of hydrogen-bond donors (Lipinski definition) is 0. The summed E-state index contributed by atoms with van der Waals surface area (Å²) < 4.78 is 19.5. The number of halogens is 2. The molecule has 0 aliphatic carbocycles. The monoisotopic (exact) mass is 397 g/mol. The van der Waals surface area contributed by atoms with Crippen molar-refractivity contribution < 1.29 is 13.9 Å². The van der Waals surface area contributed by atoms with Crippen molar-refractivity contribution in [1.29, 1.82) is 0 Å². The van der Waals surface area contributed by atoms with E-state index in [1.807, 2.05) is 46.9 Å². The van der Waals surface area contributed by atoms with Gasteiger partial charge in [-0.3, -0.25) is 4.79 Å². The zero-order chi connectivity index (χ0) is 14.8. The number of ether oxygens (including phenoxy) is 1. The number of amides is 1. The van der Waals surface area contributed by atoms with Gasteiger partial charge in [-0.05, 0) is 59.3 Å². The average Bonchev–Trinajstić information content (AvgIpc) is 2.69. The number of para-hydroxylation sites is 2. The summed E-state index contributed by atoms with van der Waals surface area (Å²) in [6.45, 7) is 1.17. The van der Waals surface area contributed by atoms with E-state index in [0.29, 0.717) is 28.0 Å². The molecule has 0 aromatic heterocycles. The molecule has 0 fully saturated rings. The number of nitrogens with zero attached hydrogens (tertiary/aromatic N) is 1. The Bertz CT molecular complexity index is 690. The van der Waals surface area contributed by atoms with Crippen LogP contribution < -0.4 is 9.64 Å². The molecule has 0 bridgehead atoms. The lowest BCUT2D eigenvalue weighted by molar-refractivity contribution is 0.0986. The second-order valence-corrected chi connectivity index (χ2v) is 5.91. The van der Waals surface area contributed by atoms with E-state index in [-0.39, 0.29) is 11.7 Å². The van der Waals surface area contributed by atoms with Gasteiger partial charge in [0.1, 0.15) is 11.6 Å². The van der Waals surface area contributed by atoms with Crippen LogP contribution in [-0.4, -0.2) is 19.1 Å². The van der Waals surface area contributed by atoms with Gasteiger partial charge in [-0.1, -0.05) is 12.1 Å². The normalized spacial score (nSPS) is 14.1. The first-order chi connectivity index (χ1) is 10.2. The summed E-state index contributed by atoms with van der Waals surface area (Å²) in [7, 11) is 0. The maximum atomic E-state index is 13.2. The Kier molecular flexibility index (Phi) is 4.10. The molecule has 0 N–H and O–H groups in total. The maximum absolute atomic E-state index is 13.2. The van der Waals surface area contributed by atoms with Gasteiger partial charge in [-0.25, -0.2) is 4.39 Å². The highest BCUT2D eigenvalue weighted by molar-refractivity contribution is 14.1. The number of fused-ring (bicyclic) bond motifs is 1. The molecule has 1 aliphatic rings. The van der Waals surface area contributed by atoms with Gasteiger partial charge < -0.3 is 9.64 Å². The summed E-state index contributed by atoms with van der Waals surface area (Å²) in [6.07, 6.45) is 0.762. The van der Waals surface area contributed by atoms with Crippen LogP contribution >= 0.6 is 22.6 Å². The largest absolute Gasteiger partial charge is 0.491 e. The minimum absolute atomic E-state index is 0.127. The zero-order valence-electron chi connectivity index (χ0n) is 11.2. The maximum Gasteiger partial charge on any atom is 0.259 e. The molecule has 0 saturated carbocycles. The van der Waals surface area contributed by atoms with Gasteiger partial charge in [0, 0.05) is 10.1 Å². The minimum atomic E-state index is -0.337. The van der Waals surface area contributed by atoms with Crippen LogP contribution in [0.5, 0.6) is 5.75 Å². The molecule has 1 heterocycles. The number of rotatable bonds is 1. The highest BCUT2D eigenvalue weighted by atomic mass is 127. The molecule has 1 amide bonds. The number of hydrogen-bond acceptors (Lipinski definition) is 2. The Hall–Kier alpha value is -1.63. The van der Waals surface area contributed by atoms with Crippen LogP contribution in [0.25, 0.3) is 0 Å². The van der Waals surface area contributed by atoms with Crippen LogP contribution in [0.2, 0.25) is 0 Å². The van der Waals surface area contributed by atoms with Crippen LogP contribution in [0.3, 0.4) is 0 Å². The van der Waals surface area contributed by atoms with Crippen molar-refractivity contribution in [1.82, 2.24) is 0 Å². The minimum Gasteiger partial charge on any atom is -0.491 e. The fraction of sp³-hybridized carbons (Fsp3) is 0.188. The first-order valence-corrected chi connectivity index (χ1v) is 7.73. The van der Waals surface area contributed by atoms with Gasteiger partial charge in [0.15, 0.2) is 0 Å². The lowest BCUT2D eigenvalue weighted by Gasteiger charge is -2.22. The Labute approximate surface area is 135 Å². The van der Waals surface area contributed by atoms with Crippen LogP contribution in [0, 0.1) is 9.39 Å². The fourth-order valence-electron chi connectivity index (χ4n) is 2.35. The quantitative estimate of drug-likeness (QED) is 0.685. The molecule has 2 aromatic carbocycles. The summed E-state index contributed by atoms with van der Waals surface area (Å²) in [5, 5.41) is 0. The van der Waals surface area contributed by atoms with Crippen molar-refractivity contribution in [3.05, 3.63) is 57.4 Å². The summed E-state index contributed by atoms with van der Waals surface area (Å²) in [6, 6.07) is 11.7. The van der Waals surface area contributed by atoms with E-state index < -0.39 is 0 Å². The zero-order valence-corrected chi connectivity index (χ0v) is 13.3. The van der Waals surface area contributed by atoms with Crippen LogP contribution in [0.15, 0.2) is 42.5 Å². The molecule has 0 saturated heterocycles. The van der Waals surface area contributed by atoms with Gasteiger partial charge in [0.25, 0.3) is 5.91 Å². The van der Waals surface area contributed by atoms with Crippen molar-refractivity contribution in [2.45, 2.75) is 6.42 Å². The third-order valence-corrected chi connectivity index (χ3v) is 4.24. The van der Waals surface area contributed by atoms with Gasteiger partial charge in [0.05, 0.1) is 17.9 Å². The van der Waals surface area contributed by atoms with Gasteiger partial charge in [0.2, 0.25) is 0 Å². The summed E-state index contributed by atoms with van der Waals surface area (Å²) >= 11 is 1.99. The van der Waals surface area contributed by atoms with E-state index in [2.05, 4.69) is 0 Å². The highest BCUT2D eigenvalue weighted by Gasteiger charge is 2.24. The van der Waals surface area contributed by atoms with Gasteiger partial charge in [-0.2, -0.15) is 0 Å². The average molecular weight is 397 g/mol. The predicted molar refractivity (Wildman–Crippen MR) is 87.3 cm³/mol. The number of anilines is 1. The molecule has 2 aromatic rings. The van der Waals surface area contributed by atoms with Crippen LogP contribution in [0.1, 0.15) is 16.8 Å². The predicted octanol–water partition coefficient (Wildman–Crippen LogP) is 3.86. The molecular weight excluding hydrogens is 384 g/mol. The molecule has 1 aliphatic heterocycles. The van der Waals surface area contributed by atoms with Crippen molar-refractivity contribution >= 4 is 34.2 Å². The fourth-order valence-corrected chi connectivity index (χ4v) is 3.05. The molecule has 3 nitrogen and oxygen atoms in total. The molecule has 5 heteroatoms. The van der Waals surface area contributed by atoms with E-state index in [1.54, 1.807) is 4.90 Å². The Morgan fingerprint density at radius 1 is 1.24 bits per heavy atom. The molecule has 0 atom stereocenters. The second kappa shape index (κ2) is 6.01. The SMILES string of the molecule is O=C(c1ccc(F)cc1I)N1CCCOc2ccccc21. The number of benzene rings is 2. The first kappa shape index (κ1) is 14.3. The topological polar surface area (TPSA) is 29.5 Å². The summed E-state index contributed by atoms with van der Waals surface area (Å²) in [4.78, 5) is 14.5. The Morgan fingerprint density at radius 3 is 2.86 bits per heavy atom. The smallest absolute Gasteiger partial charge is 0.259 e. The molecule has 0 unspecified atom stereocenters. The summed E-state index contributed by atoms with van der Waals surface area (Å²) in [5.74, 6) is 0.244. The molecule has 108 valence electrons. The Balaban J connectivity index is 2.01. The first-order valence-electron chi connectivity index (χ1n) is 6.65. The lowest BCUT2D eigenvalue weighted by Crippen LogP contribution is -2.32. The molecule has 0 spiro atoms. The highest BCUT2D eigenvalue weighted by Crippen LogP contribution is 2.32. The molecule has 0 radical (unpaired) electrons. The van der Waals surface area contributed by atoms with Crippen molar-refractivity contribution in [2.24, 2.45) is 0 Å². The number of carbonyl (C=O) groups excluding carboxylic acids is 1. The van der Waals surface area contributed by atoms with Crippen molar-refractivity contribution in [3.63, 3.8) is 0 Å².